The Morgan fingerprint density at radius 2 is 2.05 bits per heavy atom. The van der Waals surface area contributed by atoms with Crippen LogP contribution in [0.4, 0.5) is 0 Å². The molecule has 0 bridgehead atoms. The van der Waals surface area contributed by atoms with Gasteiger partial charge in [-0.25, -0.2) is 13.1 Å². The van der Waals surface area contributed by atoms with Crippen LogP contribution in [0, 0.1) is 0 Å². The van der Waals surface area contributed by atoms with E-state index in [1.807, 2.05) is 23.6 Å². The molecule has 0 unspecified atom stereocenters. The molecule has 1 N–H and O–H groups in total. The number of aromatic nitrogens is 1. The molecule has 0 aliphatic carbocycles. The molecule has 2 heterocycles. The number of thiophene rings is 1. The van der Waals surface area contributed by atoms with E-state index in [1.54, 1.807) is 30.6 Å². The normalized spacial score (nSPS) is 11.8. The number of fused-ring (bicyclic) bond motifs is 1. The molecule has 0 amide bonds. The molecule has 1 aromatic carbocycles. The van der Waals surface area contributed by atoms with Crippen LogP contribution in [0.5, 0.6) is 0 Å². The molecule has 0 atom stereocenters. The Labute approximate surface area is 121 Å². The maximum atomic E-state index is 12.4. The molecule has 2 aromatic heterocycles. The van der Waals surface area contributed by atoms with Crippen molar-refractivity contribution in [1.82, 2.24) is 9.71 Å². The van der Waals surface area contributed by atoms with Crippen LogP contribution in [0.25, 0.3) is 10.8 Å². The van der Waals surface area contributed by atoms with Crippen LogP contribution in [0.15, 0.2) is 59.1 Å². The fraction of sp³-hybridized carbons (Fsp3) is 0.0714. The molecule has 0 aliphatic rings. The van der Waals surface area contributed by atoms with E-state index in [1.165, 1.54) is 11.3 Å². The summed E-state index contributed by atoms with van der Waals surface area (Å²) in [6.07, 6.45) is 3.26. The van der Waals surface area contributed by atoms with Gasteiger partial charge < -0.3 is 0 Å². The lowest BCUT2D eigenvalue weighted by molar-refractivity contribution is 0.582. The first kappa shape index (κ1) is 13.2. The van der Waals surface area contributed by atoms with Gasteiger partial charge in [0.1, 0.15) is 0 Å². The second-order valence-electron chi connectivity index (χ2n) is 4.26. The van der Waals surface area contributed by atoms with Crippen LogP contribution in [0.3, 0.4) is 0 Å². The van der Waals surface area contributed by atoms with Crippen molar-refractivity contribution in [3.8, 4) is 0 Å². The molecule has 102 valence electrons. The third-order valence-corrected chi connectivity index (χ3v) is 5.28. The van der Waals surface area contributed by atoms with Gasteiger partial charge in [-0.3, -0.25) is 4.98 Å². The average molecular weight is 304 g/mol. The average Bonchev–Trinajstić information content (AvgIpc) is 2.98. The summed E-state index contributed by atoms with van der Waals surface area (Å²) in [4.78, 5) is 5.28. The van der Waals surface area contributed by atoms with E-state index in [2.05, 4.69) is 9.71 Å². The van der Waals surface area contributed by atoms with E-state index in [0.29, 0.717) is 11.9 Å². The number of rotatable bonds is 4. The third kappa shape index (κ3) is 2.58. The van der Waals surface area contributed by atoms with Crippen molar-refractivity contribution in [3.05, 3.63) is 59.0 Å². The van der Waals surface area contributed by atoms with Crippen molar-refractivity contribution in [2.45, 2.75) is 11.4 Å². The zero-order valence-electron chi connectivity index (χ0n) is 10.5. The molecule has 0 spiro atoms. The van der Waals surface area contributed by atoms with Gasteiger partial charge in [0.2, 0.25) is 10.0 Å². The maximum absolute atomic E-state index is 12.4. The van der Waals surface area contributed by atoms with Crippen molar-refractivity contribution in [3.63, 3.8) is 0 Å². The van der Waals surface area contributed by atoms with E-state index in [-0.39, 0.29) is 4.90 Å². The predicted octanol–water partition coefficient (Wildman–Crippen LogP) is 2.77. The molecular formula is C14H12N2O2S2. The Bertz CT molecular complexity index is 822. The largest absolute Gasteiger partial charge is 0.264 e. The van der Waals surface area contributed by atoms with E-state index < -0.39 is 10.0 Å². The summed E-state index contributed by atoms with van der Waals surface area (Å²) in [5, 5.41) is 3.42. The van der Waals surface area contributed by atoms with Crippen LogP contribution in [-0.2, 0) is 16.6 Å². The first-order chi connectivity index (χ1) is 9.67. The Hall–Kier alpha value is -1.76. The highest BCUT2D eigenvalue weighted by Crippen LogP contribution is 2.22. The standard InChI is InChI=1S/C14H12N2O2S2/c17-20(18,16-10-12-4-2-8-19-12)14-5-1-3-11-9-15-7-6-13(11)14/h1-9,16H,10H2. The van der Waals surface area contributed by atoms with Gasteiger partial charge in [-0.15, -0.1) is 11.3 Å². The fourth-order valence-electron chi connectivity index (χ4n) is 1.98. The van der Waals surface area contributed by atoms with Gasteiger partial charge in [-0.2, -0.15) is 0 Å². The summed E-state index contributed by atoms with van der Waals surface area (Å²) in [5.74, 6) is 0. The first-order valence-electron chi connectivity index (χ1n) is 6.01. The van der Waals surface area contributed by atoms with Crippen LogP contribution >= 0.6 is 11.3 Å². The summed E-state index contributed by atoms with van der Waals surface area (Å²) in [6, 6.07) is 10.7. The topological polar surface area (TPSA) is 59.1 Å². The Morgan fingerprint density at radius 3 is 2.85 bits per heavy atom. The number of nitrogens with one attached hydrogen (secondary N) is 1. The molecular weight excluding hydrogens is 292 g/mol. The summed E-state index contributed by atoms with van der Waals surface area (Å²) in [7, 11) is -3.53. The van der Waals surface area contributed by atoms with Crippen molar-refractivity contribution in [2.75, 3.05) is 0 Å². The van der Waals surface area contributed by atoms with Crippen molar-refractivity contribution in [1.29, 1.82) is 0 Å². The molecule has 6 heteroatoms. The lowest BCUT2D eigenvalue weighted by atomic mass is 10.2. The highest BCUT2D eigenvalue weighted by Gasteiger charge is 2.16. The number of hydrogen-bond donors (Lipinski definition) is 1. The summed E-state index contributed by atoms with van der Waals surface area (Å²) in [5.41, 5.74) is 0. The summed E-state index contributed by atoms with van der Waals surface area (Å²) in [6.45, 7) is 0.307. The SMILES string of the molecule is O=S(=O)(NCc1cccs1)c1cccc2cnccc12. The second-order valence-corrected chi connectivity index (χ2v) is 7.02. The fourth-order valence-corrected chi connectivity index (χ4v) is 3.95. The third-order valence-electron chi connectivity index (χ3n) is 2.95. The number of hydrogen-bond acceptors (Lipinski definition) is 4. The molecule has 0 aliphatic heterocycles. The molecule has 3 rings (SSSR count). The highest BCUT2D eigenvalue weighted by molar-refractivity contribution is 7.89. The van der Waals surface area contributed by atoms with Crippen LogP contribution < -0.4 is 4.72 Å². The van der Waals surface area contributed by atoms with E-state index >= 15 is 0 Å². The zero-order chi connectivity index (χ0) is 14.0. The van der Waals surface area contributed by atoms with Gasteiger partial charge >= 0.3 is 0 Å². The van der Waals surface area contributed by atoms with Crippen molar-refractivity contribution in [2.24, 2.45) is 0 Å². The van der Waals surface area contributed by atoms with Gasteiger partial charge in [0, 0.05) is 34.6 Å². The van der Waals surface area contributed by atoms with Crippen LogP contribution in [-0.4, -0.2) is 13.4 Å². The zero-order valence-corrected chi connectivity index (χ0v) is 12.1. The maximum Gasteiger partial charge on any atom is 0.241 e. The van der Waals surface area contributed by atoms with Gasteiger partial charge in [-0.1, -0.05) is 18.2 Å². The molecule has 0 saturated carbocycles. The van der Waals surface area contributed by atoms with Gasteiger partial charge in [0.25, 0.3) is 0 Å². The van der Waals surface area contributed by atoms with E-state index in [0.717, 1.165) is 10.3 Å². The van der Waals surface area contributed by atoms with Crippen LogP contribution in [0.2, 0.25) is 0 Å². The monoisotopic (exact) mass is 304 g/mol. The van der Waals surface area contributed by atoms with E-state index in [4.69, 9.17) is 0 Å². The quantitative estimate of drug-likeness (QED) is 0.806. The first-order valence-corrected chi connectivity index (χ1v) is 8.38. The smallest absolute Gasteiger partial charge is 0.241 e. The Balaban J connectivity index is 1.97. The number of pyridine rings is 1. The van der Waals surface area contributed by atoms with Gasteiger partial charge in [0.05, 0.1) is 4.90 Å². The lowest BCUT2D eigenvalue weighted by Crippen LogP contribution is -2.23. The Kier molecular flexibility index (Phi) is 3.52. The minimum atomic E-state index is -3.53. The molecule has 0 radical (unpaired) electrons. The summed E-state index contributed by atoms with van der Waals surface area (Å²) >= 11 is 1.53. The van der Waals surface area contributed by atoms with Crippen molar-refractivity contribution >= 4 is 32.1 Å². The van der Waals surface area contributed by atoms with Crippen molar-refractivity contribution < 1.29 is 8.42 Å². The Morgan fingerprint density at radius 1 is 1.15 bits per heavy atom. The number of benzene rings is 1. The molecule has 0 saturated heterocycles. The van der Waals surface area contributed by atoms with Gasteiger partial charge in [0.15, 0.2) is 0 Å². The number of nitrogens with zero attached hydrogens (tertiary/aromatic N) is 1. The summed E-state index contributed by atoms with van der Waals surface area (Å²) < 4.78 is 27.5. The highest BCUT2D eigenvalue weighted by atomic mass is 32.2. The molecule has 3 aromatic rings. The van der Waals surface area contributed by atoms with Crippen LogP contribution in [0.1, 0.15) is 4.88 Å². The second kappa shape index (κ2) is 5.32. The predicted molar refractivity (Wildman–Crippen MR) is 80.1 cm³/mol. The molecule has 4 nitrogen and oxygen atoms in total. The number of sulfonamides is 1. The van der Waals surface area contributed by atoms with E-state index in [9.17, 15) is 8.42 Å². The van der Waals surface area contributed by atoms with Gasteiger partial charge in [-0.05, 0) is 23.6 Å². The molecule has 20 heavy (non-hydrogen) atoms. The molecule has 0 fully saturated rings. The minimum Gasteiger partial charge on any atom is -0.264 e. The lowest BCUT2D eigenvalue weighted by Gasteiger charge is -2.08. The minimum absolute atomic E-state index is 0.286.